The maximum atomic E-state index is 12.4. The van der Waals surface area contributed by atoms with Gasteiger partial charge in [0.25, 0.3) is 7.82 Å². The van der Waals surface area contributed by atoms with Gasteiger partial charge in [-0.2, -0.15) is 0 Å². The molecule has 2 heterocycles. The Morgan fingerprint density at radius 1 is 0.919 bits per heavy atom. The lowest BCUT2D eigenvalue weighted by Crippen LogP contribution is -2.43. The number of piperidine rings is 1. The third kappa shape index (κ3) is 14.5. The zero-order valence-electron chi connectivity index (χ0n) is 23.8. The van der Waals surface area contributed by atoms with Gasteiger partial charge < -0.3 is 27.9 Å². The molecule has 2 bridgehead atoms. The number of quaternary nitrogens is 1. The molecule has 37 heavy (non-hydrogen) atoms. The molecular weight excluding hydrogens is 493 g/mol. The molecule has 0 amide bonds. The molecule has 0 saturated carbocycles. The van der Waals surface area contributed by atoms with Gasteiger partial charge in [0.15, 0.2) is 0 Å². The Bertz CT molecular complexity index is 679. The van der Waals surface area contributed by atoms with Gasteiger partial charge in [-0.1, -0.05) is 90.4 Å². The van der Waals surface area contributed by atoms with Gasteiger partial charge in [0.2, 0.25) is 0 Å². The summed E-state index contributed by atoms with van der Waals surface area (Å²) in [5, 5.41) is 0. The number of hydrogen-bond donors (Lipinski definition) is 0. The molecule has 0 aromatic carbocycles. The van der Waals surface area contributed by atoms with Gasteiger partial charge in [0.1, 0.15) is 18.8 Å². The minimum absolute atomic E-state index is 0.110. The van der Waals surface area contributed by atoms with Gasteiger partial charge in [-0.25, -0.2) is 0 Å². The number of esters is 1. The average molecular weight is 548 g/mol. The second-order valence-electron chi connectivity index (χ2n) is 11.5. The first kappa shape index (κ1) is 32.7. The number of carbonyl (C=O) groups excluding carboxylic acids is 1. The van der Waals surface area contributed by atoms with Gasteiger partial charge in [-0.05, 0) is 6.42 Å². The molecule has 8 nitrogen and oxygen atoms in total. The van der Waals surface area contributed by atoms with Gasteiger partial charge in [0, 0.05) is 25.9 Å². The maximum Gasteiger partial charge on any atom is 0.303 e. The van der Waals surface area contributed by atoms with E-state index < -0.39 is 19.9 Å². The molecule has 2 aliphatic rings. The Morgan fingerprint density at radius 3 is 1.97 bits per heavy atom. The van der Waals surface area contributed by atoms with Gasteiger partial charge >= 0.3 is 5.97 Å². The van der Waals surface area contributed by atoms with E-state index in [9.17, 15) is 14.3 Å². The molecule has 5 unspecified atom stereocenters. The number of ether oxygens (including phenoxy) is 2. The highest BCUT2D eigenvalue weighted by Crippen LogP contribution is 2.46. The van der Waals surface area contributed by atoms with Crippen molar-refractivity contribution in [1.29, 1.82) is 0 Å². The monoisotopic (exact) mass is 547 g/mol. The summed E-state index contributed by atoms with van der Waals surface area (Å²) in [6.07, 6.45) is 18.0. The van der Waals surface area contributed by atoms with Crippen molar-refractivity contribution in [2.24, 2.45) is 5.92 Å². The van der Waals surface area contributed by atoms with Crippen LogP contribution >= 0.6 is 7.82 Å². The first-order valence-corrected chi connectivity index (χ1v) is 16.4. The molecule has 0 aromatic heterocycles. The normalized spacial score (nSPS) is 25.3. The van der Waals surface area contributed by atoms with Gasteiger partial charge in [-0.3, -0.25) is 9.36 Å². The van der Waals surface area contributed by atoms with E-state index in [2.05, 4.69) is 14.0 Å². The maximum absolute atomic E-state index is 12.4. The molecule has 218 valence electrons. The van der Waals surface area contributed by atoms with Crippen LogP contribution < -0.4 is 4.89 Å². The van der Waals surface area contributed by atoms with Crippen LogP contribution in [-0.4, -0.2) is 69.2 Å². The Hall–Kier alpha value is -0.500. The molecule has 2 aliphatic heterocycles. The molecule has 2 saturated heterocycles. The smallest absolute Gasteiger partial charge is 0.303 e. The van der Waals surface area contributed by atoms with Crippen molar-refractivity contribution < 1.29 is 37.3 Å². The van der Waals surface area contributed by atoms with Crippen LogP contribution in [0, 0.1) is 5.92 Å². The summed E-state index contributed by atoms with van der Waals surface area (Å²) < 4.78 is 34.6. The van der Waals surface area contributed by atoms with E-state index in [0.717, 1.165) is 36.8 Å². The number of phosphoric ester groups is 1. The number of carbonyl (C=O) groups is 1. The van der Waals surface area contributed by atoms with Crippen LogP contribution in [0.4, 0.5) is 0 Å². The molecule has 5 atom stereocenters. The van der Waals surface area contributed by atoms with Gasteiger partial charge in [0.05, 0.1) is 33.4 Å². The first-order valence-electron chi connectivity index (χ1n) is 15.0. The third-order valence-corrected chi connectivity index (χ3v) is 8.82. The van der Waals surface area contributed by atoms with Crippen molar-refractivity contribution in [2.45, 2.75) is 122 Å². The summed E-state index contributed by atoms with van der Waals surface area (Å²) in [4.78, 5) is 23.8. The zero-order chi connectivity index (χ0) is 27.0. The van der Waals surface area contributed by atoms with E-state index in [1.54, 1.807) is 0 Å². The Balaban J connectivity index is 1.47. The molecule has 2 fully saturated rings. The Kier molecular flexibility index (Phi) is 15.9. The number of phosphoric acid groups is 1. The van der Waals surface area contributed by atoms with E-state index in [0.29, 0.717) is 13.2 Å². The van der Waals surface area contributed by atoms with Crippen molar-refractivity contribution in [2.75, 3.05) is 46.5 Å². The van der Waals surface area contributed by atoms with Gasteiger partial charge in [-0.15, -0.1) is 0 Å². The van der Waals surface area contributed by atoms with E-state index in [-0.39, 0.29) is 25.2 Å². The van der Waals surface area contributed by atoms with E-state index in [1.165, 1.54) is 84.0 Å². The SMILES string of the molecule is CCCCCCCCCCCCCCCCOCC(COP(=O)([O-])OC1C[N+]2(C)CCC1C2)OC(C)=O. The predicted octanol–water partition coefficient (Wildman–Crippen LogP) is 5.77. The summed E-state index contributed by atoms with van der Waals surface area (Å²) in [6, 6.07) is 0. The summed E-state index contributed by atoms with van der Waals surface area (Å²) in [5.74, 6) is -0.234. The fraction of sp³-hybridized carbons (Fsp3) is 0.964. The number of nitrogens with zero attached hydrogens (tertiary/aromatic N) is 1. The lowest BCUT2D eigenvalue weighted by molar-refractivity contribution is -0.891. The lowest BCUT2D eigenvalue weighted by Gasteiger charge is -2.32. The largest absolute Gasteiger partial charge is 0.756 e. The fourth-order valence-corrected chi connectivity index (χ4v) is 6.71. The van der Waals surface area contributed by atoms with Crippen LogP contribution in [0.3, 0.4) is 0 Å². The average Bonchev–Trinajstić information content (AvgIpc) is 3.37. The molecule has 0 aromatic rings. The summed E-state index contributed by atoms with van der Waals surface area (Å²) >= 11 is 0. The minimum Gasteiger partial charge on any atom is -0.756 e. The molecule has 0 aliphatic carbocycles. The highest BCUT2D eigenvalue weighted by Gasteiger charge is 2.50. The second kappa shape index (κ2) is 18.0. The van der Waals surface area contributed by atoms with E-state index in [4.69, 9.17) is 18.5 Å². The van der Waals surface area contributed by atoms with Crippen molar-refractivity contribution in [3.8, 4) is 0 Å². The number of unbranched alkanes of at least 4 members (excludes halogenated alkanes) is 13. The molecule has 2 rings (SSSR count). The number of hydrogen-bond acceptors (Lipinski definition) is 7. The summed E-state index contributed by atoms with van der Waals surface area (Å²) in [6.45, 7) is 6.64. The van der Waals surface area contributed by atoms with Crippen molar-refractivity contribution in [1.82, 2.24) is 0 Å². The summed E-state index contributed by atoms with van der Waals surface area (Å²) in [5.41, 5.74) is 0. The van der Waals surface area contributed by atoms with Crippen molar-refractivity contribution >= 4 is 13.8 Å². The van der Waals surface area contributed by atoms with Crippen LogP contribution in [-0.2, 0) is 27.9 Å². The molecule has 0 N–H and O–H groups in total. The van der Waals surface area contributed by atoms with Crippen LogP contribution in [0.25, 0.3) is 0 Å². The van der Waals surface area contributed by atoms with E-state index >= 15 is 0 Å². The molecule has 9 heteroatoms. The zero-order valence-corrected chi connectivity index (χ0v) is 24.7. The second-order valence-corrected chi connectivity index (χ2v) is 12.9. The van der Waals surface area contributed by atoms with Crippen LogP contribution in [0.2, 0.25) is 0 Å². The lowest BCUT2D eigenvalue weighted by atomic mass is 10.0. The number of likely N-dealkylation sites (N-methyl/N-ethyl adjacent to an activating group) is 1. The Labute approximate surface area is 226 Å². The highest BCUT2D eigenvalue weighted by molar-refractivity contribution is 7.45. The number of fused-ring (bicyclic) bond motifs is 2. The molecule has 0 radical (unpaired) electrons. The van der Waals surface area contributed by atoms with Crippen LogP contribution in [0.1, 0.15) is 110 Å². The Morgan fingerprint density at radius 2 is 1.49 bits per heavy atom. The standard InChI is InChI=1S/C28H54NO7P/c1-4-5-6-7-8-9-10-11-12-13-14-15-16-17-20-33-23-27(35-25(2)30)24-34-37(31,32)36-28-22-29(3)19-18-26(28)21-29/h26-28H,4-24H2,1-3H3. The van der Waals surface area contributed by atoms with E-state index in [1.807, 2.05) is 0 Å². The van der Waals surface area contributed by atoms with Crippen LogP contribution in [0.5, 0.6) is 0 Å². The predicted molar refractivity (Wildman–Crippen MR) is 144 cm³/mol. The van der Waals surface area contributed by atoms with Crippen LogP contribution in [0.15, 0.2) is 0 Å². The minimum atomic E-state index is -4.48. The number of rotatable bonds is 23. The molecule has 0 spiro atoms. The fourth-order valence-electron chi connectivity index (χ4n) is 5.73. The molecular formula is C28H54NO7P. The first-order chi connectivity index (χ1) is 17.7. The quantitative estimate of drug-likeness (QED) is 0.0694. The topological polar surface area (TPSA) is 94.1 Å². The summed E-state index contributed by atoms with van der Waals surface area (Å²) in [7, 11) is -2.35. The van der Waals surface area contributed by atoms with Crippen molar-refractivity contribution in [3.05, 3.63) is 0 Å². The highest BCUT2D eigenvalue weighted by atomic mass is 31.2. The van der Waals surface area contributed by atoms with Crippen molar-refractivity contribution in [3.63, 3.8) is 0 Å². The third-order valence-electron chi connectivity index (χ3n) is 7.82.